The van der Waals surface area contributed by atoms with Gasteiger partial charge in [-0.25, -0.2) is 4.79 Å². The number of carbonyl (C=O) groups excluding carboxylic acids is 7. The minimum atomic E-state index is -1.65. The normalized spacial score (nSPS) is 26.6. The van der Waals surface area contributed by atoms with Crippen LogP contribution in [0.4, 0.5) is 4.79 Å². The van der Waals surface area contributed by atoms with Crippen LogP contribution in [0.5, 0.6) is 0 Å². The van der Waals surface area contributed by atoms with Crippen molar-refractivity contribution in [3.63, 3.8) is 0 Å². The Morgan fingerprint density at radius 1 is 1.02 bits per heavy atom. The lowest BCUT2D eigenvalue weighted by Gasteiger charge is -2.31. The van der Waals surface area contributed by atoms with Gasteiger partial charge in [0.15, 0.2) is 5.96 Å². The highest BCUT2D eigenvalue weighted by atomic mass is 16.3. The van der Waals surface area contributed by atoms with Crippen LogP contribution in [-0.2, 0) is 28.8 Å². The summed E-state index contributed by atoms with van der Waals surface area (Å²) in [4.78, 5) is 93.7. The van der Waals surface area contributed by atoms with Crippen LogP contribution >= 0.6 is 0 Å². The number of hydrogen-bond donors (Lipinski definition) is 14. The third-order valence-corrected chi connectivity index (χ3v) is 6.71. The van der Waals surface area contributed by atoms with Crippen molar-refractivity contribution in [2.75, 3.05) is 32.8 Å². The summed E-state index contributed by atoms with van der Waals surface area (Å²) < 4.78 is 0. The van der Waals surface area contributed by atoms with E-state index in [0.29, 0.717) is 6.42 Å². The fraction of sp³-hybridized carbons (Fsp3) is 0.583. The third kappa shape index (κ3) is 11.5. The largest absolute Gasteiger partial charge is 0.394 e. The number of nitrogens with two attached hydrogens (primary N) is 5. The predicted octanol–water partition coefficient (Wildman–Crippen LogP) is -8.62. The quantitative estimate of drug-likeness (QED) is 0.103. The average molecular weight is 655 g/mol. The molecule has 0 aromatic rings. The van der Waals surface area contributed by atoms with Gasteiger partial charge in [0.1, 0.15) is 29.9 Å². The lowest BCUT2D eigenvalue weighted by Crippen LogP contribution is -2.64. The number of primary amides is 1. The van der Waals surface area contributed by atoms with Crippen molar-refractivity contribution in [2.45, 2.75) is 55.5 Å². The van der Waals surface area contributed by atoms with E-state index >= 15 is 0 Å². The van der Waals surface area contributed by atoms with E-state index in [1.54, 1.807) is 0 Å². The average Bonchev–Trinajstić information content (AvgIpc) is 3.02. The number of aliphatic imine (C=N–C) groups is 1. The molecule has 8 amide bonds. The maximum absolute atomic E-state index is 13.4. The number of hydrogen-bond acceptors (Lipinski definition) is 14. The van der Waals surface area contributed by atoms with E-state index < -0.39 is 103 Å². The molecule has 1 fully saturated rings. The molecule has 2 heterocycles. The van der Waals surface area contributed by atoms with E-state index in [9.17, 15) is 38.7 Å². The highest BCUT2D eigenvalue weighted by Gasteiger charge is 2.35. The first-order chi connectivity index (χ1) is 21.8. The van der Waals surface area contributed by atoms with Crippen LogP contribution in [0.1, 0.15) is 19.3 Å². The Kier molecular flexibility index (Phi) is 14.6. The number of nitrogens with zero attached hydrogens (tertiary/aromatic N) is 1. The lowest BCUT2D eigenvalue weighted by molar-refractivity contribution is -0.134. The molecule has 1 saturated heterocycles. The Bertz CT molecular complexity index is 1230. The number of carbonyl (C=O) groups is 7. The maximum atomic E-state index is 13.4. The standard InChI is InChI=1S/C24H42N14O8/c25-4-1-2-10(26)17(40)32-7-13-19(42)34-14(8-33-24(29)46)20(43)38-16(12-3-5-30-23(28)37-12)22(45)31-6-11(27)18(41)36-15(9-39)21(44)35-13/h8,10-13,15-16,39H,1-7,9,25-27H2,(H,31,45)(H,32,40)(H,34,42)(H,35,44)(H,36,41)(H,38,43)(H3,28,30,37)(H3,29,33,46)/b14-8-/t10-,11+,12?,13+,15-,16-/m0/s1. The summed E-state index contributed by atoms with van der Waals surface area (Å²) in [5.41, 5.74) is 27.4. The Balaban J connectivity index is 2.49. The second-order valence-corrected chi connectivity index (χ2v) is 10.3. The second kappa shape index (κ2) is 18.0. The molecule has 1 unspecified atom stereocenters. The summed E-state index contributed by atoms with van der Waals surface area (Å²) in [6, 6.07) is -9.04. The van der Waals surface area contributed by atoms with Gasteiger partial charge < -0.3 is 76.3 Å². The number of urea groups is 1. The van der Waals surface area contributed by atoms with Gasteiger partial charge in [-0.1, -0.05) is 0 Å². The van der Waals surface area contributed by atoms with Gasteiger partial charge in [0.2, 0.25) is 29.5 Å². The smallest absolute Gasteiger partial charge is 0.316 e. The molecule has 22 nitrogen and oxygen atoms in total. The molecule has 0 aromatic carbocycles. The van der Waals surface area contributed by atoms with Gasteiger partial charge in [-0.3, -0.25) is 33.8 Å². The zero-order valence-corrected chi connectivity index (χ0v) is 24.8. The van der Waals surface area contributed by atoms with Gasteiger partial charge in [-0.2, -0.15) is 0 Å². The van der Waals surface area contributed by atoms with Crippen LogP contribution in [0.25, 0.3) is 0 Å². The van der Waals surface area contributed by atoms with Crippen LogP contribution in [0.15, 0.2) is 16.9 Å². The molecule has 6 atom stereocenters. The molecule has 0 bridgehead atoms. The topological polar surface area (TPSA) is 378 Å². The third-order valence-electron chi connectivity index (χ3n) is 6.71. The minimum Gasteiger partial charge on any atom is -0.394 e. The van der Waals surface area contributed by atoms with Gasteiger partial charge in [0.05, 0.1) is 18.7 Å². The molecule has 22 heteroatoms. The van der Waals surface area contributed by atoms with Crippen molar-refractivity contribution in [1.29, 1.82) is 0 Å². The minimum absolute atomic E-state index is 0.0144. The second-order valence-electron chi connectivity index (χ2n) is 10.3. The van der Waals surface area contributed by atoms with Crippen molar-refractivity contribution >= 4 is 47.4 Å². The summed E-state index contributed by atoms with van der Waals surface area (Å²) in [5, 5.41) is 28.6. The Labute approximate surface area is 262 Å². The molecule has 46 heavy (non-hydrogen) atoms. The molecule has 0 aromatic heterocycles. The van der Waals surface area contributed by atoms with E-state index in [1.165, 1.54) is 0 Å². The lowest BCUT2D eigenvalue weighted by atomic mass is 10.0. The molecule has 0 aliphatic carbocycles. The van der Waals surface area contributed by atoms with Crippen molar-refractivity contribution in [3.8, 4) is 0 Å². The summed E-state index contributed by atoms with van der Waals surface area (Å²) in [6.07, 6.45) is 1.61. The molecule has 2 aliphatic rings. The summed E-state index contributed by atoms with van der Waals surface area (Å²) in [6.45, 7) is -1.51. The van der Waals surface area contributed by atoms with E-state index in [-0.39, 0.29) is 31.9 Å². The van der Waals surface area contributed by atoms with Crippen LogP contribution in [0.3, 0.4) is 0 Å². The highest BCUT2D eigenvalue weighted by Crippen LogP contribution is 2.07. The number of amides is 8. The van der Waals surface area contributed by atoms with E-state index in [2.05, 4.69) is 42.2 Å². The molecule has 2 aliphatic heterocycles. The molecular formula is C24H42N14O8. The van der Waals surface area contributed by atoms with E-state index in [0.717, 1.165) is 6.20 Å². The van der Waals surface area contributed by atoms with E-state index in [1.807, 2.05) is 5.32 Å². The van der Waals surface area contributed by atoms with Crippen LogP contribution < -0.4 is 71.2 Å². The van der Waals surface area contributed by atoms with E-state index in [4.69, 9.17) is 28.7 Å². The fourth-order valence-corrected chi connectivity index (χ4v) is 4.14. The zero-order valence-electron chi connectivity index (χ0n) is 24.8. The first kappa shape index (κ1) is 37.1. The summed E-state index contributed by atoms with van der Waals surface area (Å²) in [5.74, 6) is -5.78. The van der Waals surface area contributed by atoms with Crippen molar-refractivity contribution in [3.05, 3.63) is 11.9 Å². The van der Waals surface area contributed by atoms with Crippen LogP contribution in [0.2, 0.25) is 0 Å². The SMILES string of the molecule is NCCC[C@H](N)C(=O)NC[C@H]1NC(=O)[C@H](CO)NC(=O)[C@H](N)CNC(=O)[C@H](C2CCN=C(N)N2)NC(=O)/C(=C/NC(N)=O)NC1=O. The first-order valence-electron chi connectivity index (χ1n) is 14.2. The molecule has 19 N–H and O–H groups in total. The maximum Gasteiger partial charge on any atom is 0.316 e. The van der Waals surface area contributed by atoms with Gasteiger partial charge in [-0.15, -0.1) is 0 Å². The molecule has 0 radical (unpaired) electrons. The van der Waals surface area contributed by atoms with Crippen LogP contribution in [0, 0.1) is 0 Å². The Morgan fingerprint density at radius 3 is 2.35 bits per heavy atom. The number of rotatable bonds is 9. The van der Waals surface area contributed by atoms with Gasteiger partial charge in [0.25, 0.3) is 5.91 Å². The first-order valence-corrected chi connectivity index (χ1v) is 14.2. The van der Waals surface area contributed by atoms with Crippen molar-refractivity contribution in [2.24, 2.45) is 33.7 Å². The Morgan fingerprint density at radius 2 is 1.72 bits per heavy atom. The molecule has 256 valence electrons. The molecular weight excluding hydrogens is 612 g/mol. The fourth-order valence-electron chi connectivity index (χ4n) is 4.14. The predicted molar refractivity (Wildman–Crippen MR) is 160 cm³/mol. The van der Waals surface area contributed by atoms with Crippen LogP contribution in [-0.4, -0.2) is 122 Å². The van der Waals surface area contributed by atoms with Gasteiger partial charge >= 0.3 is 6.03 Å². The monoisotopic (exact) mass is 654 g/mol. The van der Waals surface area contributed by atoms with Crippen molar-refractivity contribution < 1.29 is 38.7 Å². The number of nitrogens with one attached hydrogen (secondary N) is 8. The summed E-state index contributed by atoms with van der Waals surface area (Å²) in [7, 11) is 0. The molecule has 0 spiro atoms. The molecule has 2 rings (SSSR count). The number of guanidine groups is 1. The van der Waals surface area contributed by atoms with Crippen molar-refractivity contribution in [1.82, 2.24) is 42.5 Å². The van der Waals surface area contributed by atoms with Gasteiger partial charge in [0, 0.05) is 25.8 Å². The summed E-state index contributed by atoms with van der Waals surface area (Å²) >= 11 is 0. The number of aliphatic hydroxyl groups excluding tert-OH is 1. The van der Waals surface area contributed by atoms with Gasteiger partial charge in [-0.05, 0) is 25.8 Å². The molecule has 0 saturated carbocycles. The highest BCUT2D eigenvalue weighted by molar-refractivity contribution is 6.02. The Hall–Kier alpha value is -5.06. The zero-order chi connectivity index (χ0) is 34.4. The number of aliphatic hydroxyl groups is 1.